The third-order valence-electron chi connectivity index (χ3n) is 2.96. The summed E-state index contributed by atoms with van der Waals surface area (Å²) in [7, 11) is 2.72. The highest BCUT2D eigenvalue weighted by molar-refractivity contribution is 5.81. The van der Waals surface area contributed by atoms with Crippen LogP contribution in [0.25, 0.3) is 0 Å². The highest BCUT2D eigenvalue weighted by Crippen LogP contribution is 2.15. The van der Waals surface area contributed by atoms with E-state index < -0.39 is 23.7 Å². The summed E-state index contributed by atoms with van der Waals surface area (Å²) in [6.07, 6.45) is -0.409. The summed E-state index contributed by atoms with van der Waals surface area (Å²) in [4.78, 5) is 25.2. The van der Waals surface area contributed by atoms with Gasteiger partial charge in [0.15, 0.2) is 0 Å². The van der Waals surface area contributed by atoms with Gasteiger partial charge in [0.2, 0.25) is 0 Å². The van der Waals surface area contributed by atoms with Gasteiger partial charge in [-0.15, -0.1) is 0 Å². The molecule has 122 valence electrons. The molecule has 0 aromatic heterocycles. The number of carbonyl (C=O) groups is 2. The molecule has 0 radical (unpaired) electrons. The summed E-state index contributed by atoms with van der Waals surface area (Å²) in [6.45, 7) is 5.23. The number of hydrogen-bond donors (Lipinski definition) is 0. The molecule has 1 aromatic rings. The first-order chi connectivity index (χ1) is 10.1. The van der Waals surface area contributed by atoms with Crippen molar-refractivity contribution in [2.24, 2.45) is 0 Å². The summed E-state index contributed by atoms with van der Waals surface area (Å²) in [5, 5.41) is 0. The second-order valence-corrected chi connectivity index (χ2v) is 5.96. The largest absolute Gasteiger partial charge is 0.467 e. The van der Waals surface area contributed by atoms with E-state index in [1.165, 1.54) is 31.2 Å². The van der Waals surface area contributed by atoms with Crippen molar-refractivity contribution in [3.05, 3.63) is 35.6 Å². The molecule has 1 atom stereocenters. The molecule has 0 fully saturated rings. The molecular formula is C16H22FNO4. The van der Waals surface area contributed by atoms with Crippen molar-refractivity contribution >= 4 is 12.1 Å². The third-order valence-corrected chi connectivity index (χ3v) is 2.96. The Balaban J connectivity index is 2.90. The molecular weight excluding hydrogens is 289 g/mol. The molecule has 0 aliphatic carbocycles. The van der Waals surface area contributed by atoms with Crippen LogP contribution in [0.5, 0.6) is 0 Å². The number of amides is 1. The number of hydrogen-bond acceptors (Lipinski definition) is 4. The number of benzene rings is 1. The molecule has 0 saturated carbocycles. The van der Waals surface area contributed by atoms with Gasteiger partial charge >= 0.3 is 12.1 Å². The zero-order valence-corrected chi connectivity index (χ0v) is 13.6. The van der Waals surface area contributed by atoms with Crippen LogP contribution in [0.4, 0.5) is 9.18 Å². The summed E-state index contributed by atoms with van der Waals surface area (Å²) in [5.74, 6) is -0.920. The van der Waals surface area contributed by atoms with Crippen LogP contribution >= 0.6 is 0 Å². The molecule has 1 aromatic carbocycles. The molecule has 0 N–H and O–H groups in total. The Kier molecular flexibility index (Phi) is 5.91. The van der Waals surface area contributed by atoms with Crippen LogP contribution in [0.2, 0.25) is 0 Å². The van der Waals surface area contributed by atoms with Gasteiger partial charge in [-0.05, 0) is 38.5 Å². The van der Waals surface area contributed by atoms with Crippen LogP contribution < -0.4 is 0 Å². The van der Waals surface area contributed by atoms with Crippen LogP contribution in [0.1, 0.15) is 26.3 Å². The number of esters is 1. The molecule has 0 heterocycles. The van der Waals surface area contributed by atoms with Crippen molar-refractivity contribution in [3.63, 3.8) is 0 Å². The van der Waals surface area contributed by atoms with Crippen LogP contribution in [-0.2, 0) is 20.7 Å². The average Bonchev–Trinajstić information content (AvgIpc) is 2.43. The van der Waals surface area contributed by atoms with Gasteiger partial charge in [-0.1, -0.05) is 12.1 Å². The lowest BCUT2D eigenvalue weighted by atomic mass is 10.1. The maximum absolute atomic E-state index is 12.9. The normalized spacial score (nSPS) is 12.5. The standard InChI is InChI=1S/C16H22FNO4/c1-16(2,3)22-15(20)18(4)13(14(19)21-5)10-11-6-8-12(17)9-7-11/h6-9,13H,10H2,1-5H3/t13-/m0/s1. The molecule has 1 rings (SSSR count). The van der Waals surface area contributed by atoms with Gasteiger partial charge < -0.3 is 9.47 Å². The first kappa shape index (κ1) is 17.9. The third kappa shape index (κ3) is 5.35. The van der Waals surface area contributed by atoms with E-state index in [-0.39, 0.29) is 12.2 Å². The molecule has 5 nitrogen and oxygen atoms in total. The predicted molar refractivity (Wildman–Crippen MR) is 79.9 cm³/mol. The Morgan fingerprint density at radius 3 is 2.23 bits per heavy atom. The minimum absolute atomic E-state index is 0.211. The predicted octanol–water partition coefficient (Wildman–Crippen LogP) is 2.78. The maximum Gasteiger partial charge on any atom is 0.410 e. The van der Waals surface area contributed by atoms with Crippen molar-refractivity contribution < 1.29 is 23.5 Å². The minimum atomic E-state index is -0.842. The van der Waals surface area contributed by atoms with Gasteiger partial charge in [0.25, 0.3) is 0 Å². The molecule has 0 aliphatic heterocycles. The van der Waals surface area contributed by atoms with E-state index >= 15 is 0 Å². The summed E-state index contributed by atoms with van der Waals surface area (Å²) in [5.41, 5.74) is 0.0502. The fourth-order valence-electron chi connectivity index (χ4n) is 1.82. The smallest absolute Gasteiger partial charge is 0.410 e. The summed E-state index contributed by atoms with van der Waals surface area (Å²) in [6, 6.07) is 4.89. The molecule has 0 bridgehead atoms. The second-order valence-electron chi connectivity index (χ2n) is 5.96. The van der Waals surface area contributed by atoms with Gasteiger partial charge in [0.1, 0.15) is 17.5 Å². The minimum Gasteiger partial charge on any atom is -0.467 e. The fraction of sp³-hybridized carbons (Fsp3) is 0.500. The Labute approximate surface area is 130 Å². The summed E-state index contributed by atoms with van der Waals surface area (Å²) < 4.78 is 22.9. The fourth-order valence-corrected chi connectivity index (χ4v) is 1.82. The maximum atomic E-state index is 12.9. The number of halogens is 1. The van der Waals surface area contributed by atoms with Crippen molar-refractivity contribution in [1.82, 2.24) is 4.90 Å². The average molecular weight is 311 g/mol. The van der Waals surface area contributed by atoms with Gasteiger partial charge in [0, 0.05) is 13.5 Å². The van der Waals surface area contributed by atoms with Crippen molar-refractivity contribution in [3.8, 4) is 0 Å². The molecule has 0 saturated heterocycles. The second kappa shape index (κ2) is 7.24. The lowest BCUT2D eigenvalue weighted by molar-refractivity contribution is -0.146. The van der Waals surface area contributed by atoms with Crippen LogP contribution in [-0.4, -0.2) is 42.8 Å². The lowest BCUT2D eigenvalue weighted by Crippen LogP contribution is -2.46. The van der Waals surface area contributed by atoms with E-state index in [0.29, 0.717) is 5.56 Å². The topological polar surface area (TPSA) is 55.8 Å². The quantitative estimate of drug-likeness (QED) is 0.802. The van der Waals surface area contributed by atoms with Crippen molar-refractivity contribution in [2.75, 3.05) is 14.2 Å². The van der Waals surface area contributed by atoms with E-state index in [1.54, 1.807) is 32.9 Å². The highest BCUT2D eigenvalue weighted by atomic mass is 19.1. The highest BCUT2D eigenvalue weighted by Gasteiger charge is 2.31. The first-order valence-corrected chi connectivity index (χ1v) is 6.92. The number of likely N-dealkylation sites (N-methyl/N-ethyl adjacent to an activating group) is 1. The zero-order valence-electron chi connectivity index (χ0n) is 13.6. The monoisotopic (exact) mass is 311 g/mol. The van der Waals surface area contributed by atoms with Gasteiger partial charge in [-0.2, -0.15) is 0 Å². The van der Waals surface area contributed by atoms with Crippen molar-refractivity contribution in [2.45, 2.75) is 38.8 Å². The molecule has 0 aliphatic rings. The Hall–Kier alpha value is -2.11. The Morgan fingerprint density at radius 2 is 1.77 bits per heavy atom. The molecule has 0 unspecified atom stereocenters. The van der Waals surface area contributed by atoms with E-state index in [1.807, 2.05) is 0 Å². The SMILES string of the molecule is COC(=O)[C@H](Cc1ccc(F)cc1)N(C)C(=O)OC(C)(C)C. The molecule has 0 spiro atoms. The van der Waals surface area contributed by atoms with Crippen LogP contribution in [0.15, 0.2) is 24.3 Å². The van der Waals surface area contributed by atoms with Gasteiger partial charge in [-0.3, -0.25) is 4.90 Å². The number of nitrogens with zero attached hydrogens (tertiary/aromatic N) is 1. The van der Waals surface area contributed by atoms with Gasteiger partial charge in [-0.25, -0.2) is 14.0 Å². The van der Waals surface area contributed by atoms with E-state index in [4.69, 9.17) is 9.47 Å². The van der Waals surface area contributed by atoms with E-state index in [0.717, 1.165) is 0 Å². The lowest BCUT2D eigenvalue weighted by Gasteiger charge is -2.29. The zero-order chi connectivity index (χ0) is 16.9. The van der Waals surface area contributed by atoms with Crippen LogP contribution in [0.3, 0.4) is 0 Å². The molecule has 6 heteroatoms. The number of rotatable bonds is 4. The Morgan fingerprint density at radius 1 is 1.23 bits per heavy atom. The molecule has 22 heavy (non-hydrogen) atoms. The summed E-state index contributed by atoms with van der Waals surface area (Å²) >= 11 is 0. The van der Waals surface area contributed by atoms with E-state index in [2.05, 4.69) is 0 Å². The number of carbonyl (C=O) groups excluding carboxylic acids is 2. The molecule has 1 amide bonds. The first-order valence-electron chi connectivity index (χ1n) is 6.92. The van der Waals surface area contributed by atoms with Crippen molar-refractivity contribution in [1.29, 1.82) is 0 Å². The van der Waals surface area contributed by atoms with Crippen LogP contribution in [0, 0.1) is 5.82 Å². The number of ether oxygens (including phenoxy) is 2. The Bertz CT molecular complexity index is 522. The van der Waals surface area contributed by atoms with Gasteiger partial charge in [0.05, 0.1) is 7.11 Å². The van der Waals surface area contributed by atoms with E-state index in [9.17, 15) is 14.0 Å². The number of methoxy groups -OCH3 is 1.